The maximum atomic E-state index is 13.2. The van der Waals surface area contributed by atoms with Gasteiger partial charge in [-0.2, -0.15) is 5.10 Å². The molecule has 1 aliphatic carbocycles. The van der Waals surface area contributed by atoms with Crippen LogP contribution in [0.2, 0.25) is 0 Å². The zero-order chi connectivity index (χ0) is 22.2. The number of rotatable bonds is 5. The lowest BCUT2D eigenvalue weighted by Crippen LogP contribution is -2.16. The fourth-order valence-corrected chi connectivity index (χ4v) is 5.48. The van der Waals surface area contributed by atoms with Crippen LogP contribution in [0.15, 0.2) is 41.3 Å². The van der Waals surface area contributed by atoms with Crippen molar-refractivity contribution in [1.29, 1.82) is 0 Å². The van der Waals surface area contributed by atoms with Crippen molar-refractivity contribution in [2.75, 3.05) is 11.9 Å². The van der Waals surface area contributed by atoms with Crippen LogP contribution in [0.4, 0.5) is 5.00 Å². The third-order valence-electron chi connectivity index (χ3n) is 5.64. The Bertz CT molecular complexity index is 1310. The number of hydrogen-bond donors (Lipinski definition) is 1. The monoisotopic (exact) mass is 450 g/mol. The molecule has 0 aliphatic heterocycles. The lowest BCUT2D eigenvalue weighted by Gasteiger charge is -2.18. The van der Waals surface area contributed by atoms with E-state index < -0.39 is 5.97 Å². The van der Waals surface area contributed by atoms with Gasteiger partial charge in [-0.3, -0.25) is 4.79 Å². The smallest absolute Gasteiger partial charge is 0.341 e. The van der Waals surface area contributed by atoms with Crippen LogP contribution < -0.4 is 5.32 Å². The van der Waals surface area contributed by atoms with Crippen LogP contribution in [0, 0.1) is 5.92 Å². The Morgan fingerprint density at radius 2 is 2.25 bits per heavy atom. The predicted octanol–water partition coefficient (Wildman–Crippen LogP) is 4.60. The molecule has 0 saturated heterocycles. The van der Waals surface area contributed by atoms with Crippen molar-refractivity contribution < 1.29 is 18.7 Å². The topological polar surface area (TPSA) is 98.7 Å². The molecule has 0 saturated carbocycles. The summed E-state index contributed by atoms with van der Waals surface area (Å²) in [5, 5.41) is 7.80. The van der Waals surface area contributed by atoms with E-state index in [2.05, 4.69) is 22.3 Å². The minimum Gasteiger partial charge on any atom is -0.463 e. The Kier molecular flexibility index (Phi) is 5.26. The highest BCUT2D eigenvalue weighted by Crippen LogP contribution is 2.40. The molecule has 1 N–H and O–H groups in total. The molecular formula is C23H22N4O4S. The van der Waals surface area contributed by atoms with Gasteiger partial charge >= 0.3 is 5.97 Å². The van der Waals surface area contributed by atoms with Crippen LogP contribution >= 0.6 is 11.3 Å². The summed E-state index contributed by atoms with van der Waals surface area (Å²) in [5.74, 6) is 0.398. The second-order valence-electron chi connectivity index (χ2n) is 7.83. The van der Waals surface area contributed by atoms with E-state index >= 15 is 0 Å². The highest BCUT2D eigenvalue weighted by molar-refractivity contribution is 7.17. The number of nitrogens with one attached hydrogen (secondary N) is 1. The Labute approximate surface area is 188 Å². The molecule has 4 heterocycles. The summed E-state index contributed by atoms with van der Waals surface area (Å²) in [4.78, 5) is 31.4. The standard InChI is InChI=1S/C23H22N4O4S/c1-3-30-23(29)19-14-7-6-13(2)11-18(14)32-22(19)26-21(28)15-12-25-27-16(8-9-24-20(15)27)17-5-4-10-31-17/h4-5,8-10,12-13H,3,6-7,11H2,1-2H3,(H,26,28). The molecule has 4 aromatic rings. The van der Waals surface area contributed by atoms with E-state index in [1.807, 2.05) is 6.07 Å². The largest absolute Gasteiger partial charge is 0.463 e. The first kappa shape index (κ1) is 20.4. The van der Waals surface area contributed by atoms with Gasteiger partial charge in [-0.1, -0.05) is 6.92 Å². The van der Waals surface area contributed by atoms with Crippen LogP contribution in [0.5, 0.6) is 0 Å². The Hall–Kier alpha value is -3.46. The number of furan rings is 1. The van der Waals surface area contributed by atoms with Crippen molar-refractivity contribution in [3.8, 4) is 11.5 Å². The van der Waals surface area contributed by atoms with Gasteiger partial charge < -0.3 is 14.5 Å². The molecule has 1 atom stereocenters. The second-order valence-corrected chi connectivity index (χ2v) is 8.94. The van der Waals surface area contributed by atoms with E-state index in [-0.39, 0.29) is 12.5 Å². The first-order valence-corrected chi connectivity index (χ1v) is 11.4. The van der Waals surface area contributed by atoms with Crippen LogP contribution in [0.1, 0.15) is 51.4 Å². The first-order valence-electron chi connectivity index (χ1n) is 10.6. The average molecular weight is 451 g/mol. The van der Waals surface area contributed by atoms with Crippen LogP contribution in [0.25, 0.3) is 17.1 Å². The Balaban J connectivity index is 1.51. The van der Waals surface area contributed by atoms with Crippen LogP contribution in [0.3, 0.4) is 0 Å². The molecule has 0 spiro atoms. The number of carbonyl (C=O) groups is 2. The summed E-state index contributed by atoms with van der Waals surface area (Å²) in [6.45, 7) is 4.26. The summed E-state index contributed by atoms with van der Waals surface area (Å²) < 4.78 is 12.3. The molecule has 164 valence electrons. The number of esters is 1. The number of thiophene rings is 1. The Morgan fingerprint density at radius 1 is 1.38 bits per heavy atom. The van der Waals surface area contributed by atoms with Gasteiger partial charge in [0.1, 0.15) is 16.3 Å². The summed E-state index contributed by atoms with van der Waals surface area (Å²) in [5.41, 5.74) is 2.89. The summed E-state index contributed by atoms with van der Waals surface area (Å²) >= 11 is 1.46. The highest BCUT2D eigenvalue weighted by Gasteiger charge is 2.30. The van der Waals surface area contributed by atoms with Crippen molar-refractivity contribution in [3.63, 3.8) is 0 Å². The molecule has 1 unspecified atom stereocenters. The molecule has 0 radical (unpaired) electrons. The van der Waals surface area contributed by atoms with Crippen LogP contribution in [-0.2, 0) is 17.6 Å². The lowest BCUT2D eigenvalue weighted by atomic mass is 9.88. The predicted molar refractivity (Wildman–Crippen MR) is 120 cm³/mol. The Morgan fingerprint density at radius 3 is 3.03 bits per heavy atom. The minimum atomic E-state index is -0.395. The first-order chi connectivity index (χ1) is 15.6. The maximum absolute atomic E-state index is 13.2. The van der Waals surface area contributed by atoms with Crippen LogP contribution in [-0.4, -0.2) is 33.1 Å². The number of nitrogens with zero attached hydrogens (tertiary/aromatic N) is 3. The maximum Gasteiger partial charge on any atom is 0.341 e. The van der Waals surface area contributed by atoms with Gasteiger partial charge in [0.15, 0.2) is 11.4 Å². The van der Waals surface area contributed by atoms with Gasteiger partial charge in [0.25, 0.3) is 5.91 Å². The van der Waals surface area contributed by atoms with Gasteiger partial charge in [0.2, 0.25) is 0 Å². The number of amides is 1. The zero-order valence-corrected chi connectivity index (χ0v) is 18.6. The molecule has 5 rings (SSSR count). The fourth-order valence-electron chi connectivity index (χ4n) is 4.09. The van der Waals surface area contributed by atoms with Crippen molar-refractivity contribution in [2.24, 2.45) is 5.92 Å². The van der Waals surface area contributed by atoms with E-state index in [4.69, 9.17) is 9.15 Å². The summed E-state index contributed by atoms with van der Waals surface area (Å²) in [6.07, 6.45) is 7.38. The molecule has 4 aromatic heterocycles. The number of aromatic nitrogens is 3. The van der Waals surface area contributed by atoms with Crippen molar-refractivity contribution in [3.05, 3.63) is 58.4 Å². The van der Waals surface area contributed by atoms with Crippen molar-refractivity contribution in [1.82, 2.24) is 14.6 Å². The van der Waals surface area contributed by atoms with Gasteiger partial charge in [0.05, 0.1) is 24.6 Å². The van der Waals surface area contributed by atoms with Gasteiger partial charge in [-0.25, -0.2) is 14.3 Å². The molecule has 8 nitrogen and oxygen atoms in total. The number of anilines is 1. The van der Waals surface area contributed by atoms with E-state index in [1.165, 1.54) is 17.5 Å². The summed E-state index contributed by atoms with van der Waals surface area (Å²) in [7, 11) is 0. The third kappa shape index (κ3) is 3.48. The normalized spacial score (nSPS) is 15.5. The highest BCUT2D eigenvalue weighted by atomic mass is 32.1. The lowest BCUT2D eigenvalue weighted by molar-refractivity contribution is 0.0526. The van der Waals surface area contributed by atoms with E-state index in [0.717, 1.165) is 29.7 Å². The van der Waals surface area contributed by atoms with Gasteiger partial charge in [0, 0.05) is 11.1 Å². The molecule has 0 bridgehead atoms. The molecular weight excluding hydrogens is 428 g/mol. The van der Waals surface area contributed by atoms with E-state index in [1.54, 1.807) is 36.0 Å². The molecule has 1 aliphatic rings. The number of hydrogen-bond acceptors (Lipinski definition) is 7. The fraction of sp³-hybridized carbons (Fsp3) is 0.304. The van der Waals surface area contributed by atoms with Gasteiger partial charge in [-0.05, 0) is 55.9 Å². The minimum absolute atomic E-state index is 0.279. The molecule has 0 fully saturated rings. The SMILES string of the molecule is CCOC(=O)c1c(NC(=O)c2cnn3c(-c4ccco4)ccnc23)sc2c1CCC(C)C2. The number of carbonyl (C=O) groups excluding carboxylic acids is 2. The third-order valence-corrected chi connectivity index (χ3v) is 6.81. The number of fused-ring (bicyclic) bond motifs is 2. The van der Waals surface area contributed by atoms with E-state index in [9.17, 15) is 9.59 Å². The number of ether oxygens (including phenoxy) is 1. The summed E-state index contributed by atoms with van der Waals surface area (Å²) in [6, 6.07) is 5.38. The van der Waals surface area contributed by atoms with Crippen molar-refractivity contribution in [2.45, 2.75) is 33.1 Å². The quantitative estimate of drug-likeness (QED) is 0.446. The van der Waals surface area contributed by atoms with Crippen molar-refractivity contribution >= 4 is 33.9 Å². The van der Waals surface area contributed by atoms with Gasteiger partial charge in [-0.15, -0.1) is 11.3 Å². The second kappa shape index (κ2) is 8.23. The molecule has 9 heteroatoms. The molecule has 32 heavy (non-hydrogen) atoms. The van der Waals surface area contributed by atoms with E-state index in [0.29, 0.717) is 39.1 Å². The zero-order valence-electron chi connectivity index (χ0n) is 17.8. The average Bonchev–Trinajstić information content (AvgIpc) is 3.51. The molecule has 1 amide bonds. The molecule has 0 aromatic carbocycles.